The van der Waals surface area contributed by atoms with Crippen LogP contribution in [0.3, 0.4) is 0 Å². The maximum absolute atomic E-state index is 12.2. The SMILES string of the molecule is Cc1cccc(C(=O)NC2CC(n3cnc4c(Cl)ncnc43)C2)n1. The molecule has 0 unspecified atom stereocenters. The van der Waals surface area contributed by atoms with Gasteiger partial charge in [0, 0.05) is 17.8 Å². The number of rotatable bonds is 3. The number of aromatic nitrogens is 5. The molecule has 4 rings (SSSR count). The number of hydrogen-bond acceptors (Lipinski definition) is 5. The topological polar surface area (TPSA) is 85.6 Å². The van der Waals surface area contributed by atoms with Gasteiger partial charge in [0.1, 0.15) is 17.5 Å². The number of carbonyl (C=O) groups excluding carboxylic acids is 1. The summed E-state index contributed by atoms with van der Waals surface area (Å²) in [6.07, 6.45) is 4.81. The number of nitrogens with one attached hydrogen (secondary N) is 1. The van der Waals surface area contributed by atoms with Gasteiger partial charge in [0.05, 0.1) is 6.33 Å². The molecule has 3 heterocycles. The Kier molecular flexibility index (Phi) is 3.65. The second kappa shape index (κ2) is 5.83. The van der Waals surface area contributed by atoms with Crippen LogP contribution in [0.1, 0.15) is 35.1 Å². The molecule has 3 aromatic rings. The Hall–Kier alpha value is -2.54. The molecule has 0 aliphatic heterocycles. The predicted molar refractivity (Wildman–Crippen MR) is 88.8 cm³/mol. The van der Waals surface area contributed by atoms with Crippen molar-refractivity contribution >= 4 is 28.7 Å². The molecule has 0 radical (unpaired) electrons. The third-order valence-electron chi connectivity index (χ3n) is 4.28. The molecule has 0 aromatic carbocycles. The fraction of sp³-hybridized carbons (Fsp3) is 0.312. The number of aryl methyl sites for hydroxylation is 1. The number of fused-ring (bicyclic) bond motifs is 1. The van der Waals surface area contributed by atoms with E-state index < -0.39 is 0 Å². The third-order valence-corrected chi connectivity index (χ3v) is 4.55. The molecular weight excluding hydrogens is 328 g/mol. The lowest BCUT2D eigenvalue weighted by atomic mass is 9.86. The molecule has 1 amide bonds. The van der Waals surface area contributed by atoms with E-state index >= 15 is 0 Å². The lowest BCUT2D eigenvalue weighted by Crippen LogP contribution is -2.45. The molecular formula is C16H15ClN6O. The van der Waals surface area contributed by atoms with Crippen molar-refractivity contribution in [1.82, 2.24) is 29.8 Å². The van der Waals surface area contributed by atoms with E-state index in [0.29, 0.717) is 16.4 Å². The number of nitrogens with zero attached hydrogens (tertiary/aromatic N) is 5. The Bertz CT molecular complexity index is 918. The Morgan fingerprint density at radius 2 is 2.12 bits per heavy atom. The molecule has 0 bridgehead atoms. The highest BCUT2D eigenvalue weighted by Crippen LogP contribution is 2.34. The number of halogens is 1. The maximum atomic E-state index is 12.2. The van der Waals surface area contributed by atoms with Gasteiger partial charge in [0.2, 0.25) is 0 Å². The van der Waals surface area contributed by atoms with Gasteiger partial charge >= 0.3 is 0 Å². The van der Waals surface area contributed by atoms with Crippen molar-refractivity contribution in [3.63, 3.8) is 0 Å². The second-order valence-corrected chi connectivity index (χ2v) is 6.31. The van der Waals surface area contributed by atoms with Crippen LogP contribution in [-0.2, 0) is 0 Å². The first-order valence-electron chi connectivity index (χ1n) is 7.69. The largest absolute Gasteiger partial charge is 0.348 e. The highest BCUT2D eigenvalue weighted by atomic mass is 35.5. The summed E-state index contributed by atoms with van der Waals surface area (Å²) in [7, 11) is 0. The summed E-state index contributed by atoms with van der Waals surface area (Å²) in [5.41, 5.74) is 2.61. The van der Waals surface area contributed by atoms with Gasteiger partial charge in [-0.1, -0.05) is 17.7 Å². The van der Waals surface area contributed by atoms with Crippen LogP contribution in [0.25, 0.3) is 11.2 Å². The maximum Gasteiger partial charge on any atom is 0.270 e. The molecule has 0 spiro atoms. The zero-order chi connectivity index (χ0) is 16.7. The molecule has 0 saturated heterocycles. The average molecular weight is 343 g/mol. The summed E-state index contributed by atoms with van der Waals surface area (Å²) >= 11 is 6.02. The normalized spacial score (nSPS) is 19.9. The van der Waals surface area contributed by atoms with Crippen molar-refractivity contribution in [3.8, 4) is 0 Å². The first-order valence-corrected chi connectivity index (χ1v) is 8.07. The zero-order valence-electron chi connectivity index (χ0n) is 13.0. The number of hydrogen-bond donors (Lipinski definition) is 1. The fourth-order valence-electron chi connectivity index (χ4n) is 2.95. The number of amides is 1. The minimum absolute atomic E-state index is 0.125. The predicted octanol–water partition coefficient (Wildman–Crippen LogP) is 2.32. The van der Waals surface area contributed by atoms with Crippen molar-refractivity contribution in [1.29, 1.82) is 0 Å². The van der Waals surface area contributed by atoms with Gasteiger partial charge in [-0.25, -0.2) is 19.9 Å². The third kappa shape index (κ3) is 2.60. The van der Waals surface area contributed by atoms with Gasteiger partial charge in [-0.3, -0.25) is 4.79 Å². The molecule has 1 aliphatic carbocycles. The van der Waals surface area contributed by atoms with E-state index in [-0.39, 0.29) is 18.0 Å². The molecule has 0 atom stereocenters. The van der Waals surface area contributed by atoms with Gasteiger partial charge in [-0.15, -0.1) is 0 Å². The minimum atomic E-state index is -0.136. The fourth-order valence-corrected chi connectivity index (χ4v) is 3.13. The van der Waals surface area contributed by atoms with Crippen LogP contribution in [-0.4, -0.2) is 36.5 Å². The van der Waals surface area contributed by atoms with E-state index in [1.54, 1.807) is 12.4 Å². The van der Waals surface area contributed by atoms with Crippen molar-refractivity contribution in [3.05, 3.63) is 47.4 Å². The highest BCUT2D eigenvalue weighted by Gasteiger charge is 2.33. The van der Waals surface area contributed by atoms with Crippen LogP contribution in [0.4, 0.5) is 0 Å². The van der Waals surface area contributed by atoms with Crippen molar-refractivity contribution in [2.45, 2.75) is 31.8 Å². The van der Waals surface area contributed by atoms with E-state index in [9.17, 15) is 4.79 Å². The number of imidazole rings is 1. The van der Waals surface area contributed by atoms with Crippen LogP contribution in [0, 0.1) is 6.92 Å². The van der Waals surface area contributed by atoms with Crippen LogP contribution in [0.2, 0.25) is 5.15 Å². The molecule has 7 nitrogen and oxygen atoms in total. The standard InChI is InChI=1S/C16H15ClN6O/c1-9-3-2-4-12(21-9)16(24)22-10-5-11(6-10)23-8-20-13-14(17)18-7-19-15(13)23/h2-4,7-8,10-11H,5-6H2,1H3,(H,22,24). The Balaban J connectivity index is 1.43. The Labute approximate surface area is 143 Å². The molecule has 1 saturated carbocycles. The first-order chi connectivity index (χ1) is 11.6. The van der Waals surface area contributed by atoms with Gasteiger partial charge in [-0.2, -0.15) is 0 Å². The monoisotopic (exact) mass is 342 g/mol. The van der Waals surface area contributed by atoms with E-state index in [1.165, 1.54) is 6.33 Å². The number of carbonyl (C=O) groups is 1. The highest BCUT2D eigenvalue weighted by molar-refractivity contribution is 6.33. The number of pyridine rings is 1. The molecule has 8 heteroatoms. The van der Waals surface area contributed by atoms with E-state index in [2.05, 4.69) is 25.3 Å². The molecule has 3 aromatic heterocycles. The van der Waals surface area contributed by atoms with Crippen LogP contribution in [0.15, 0.2) is 30.9 Å². The second-order valence-electron chi connectivity index (χ2n) is 5.95. The summed E-state index contributed by atoms with van der Waals surface area (Å²) < 4.78 is 2.00. The summed E-state index contributed by atoms with van der Waals surface area (Å²) in [4.78, 5) is 28.9. The average Bonchev–Trinajstić information content (AvgIpc) is 2.95. The minimum Gasteiger partial charge on any atom is -0.348 e. The summed E-state index contributed by atoms with van der Waals surface area (Å²) in [6.45, 7) is 1.87. The quantitative estimate of drug-likeness (QED) is 0.738. The molecule has 1 fully saturated rings. The summed E-state index contributed by atoms with van der Waals surface area (Å²) in [6, 6.07) is 5.80. The zero-order valence-corrected chi connectivity index (χ0v) is 13.7. The van der Waals surface area contributed by atoms with Crippen LogP contribution >= 0.6 is 11.6 Å². The van der Waals surface area contributed by atoms with Gasteiger partial charge in [0.25, 0.3) is 5.91 Å². The lowest BCUT2D eigenvalue weighted by molar-refractivity contribution is 0.0889. The molecule has 1 aliphatic rings. The smallest absolute Gasteiger partial charge is 0.270 e. The molecule has 24 heavy (non-hydrogen) atoms. The summed E-state index contributed by atoms with van der Waals surface area (Å²) in [5, 5.41) is 3.37. The van der Waals surface area contributed by atoms with E-state index in [1.807, 2.05) is 23.6 Å². The Morgan fingerprint density at radius 1 is 1.29 bits per heavy atom. The van der Waals surface area contributed by atoms with Crippen LogP contribution < -0.4 is 5.32 Å². The van der Waals surface area contributed by atoms with Gasteiger partial charge in [-0.05, 0) is 31.9 Å². The van der Waals surface area contributed by atoms with E-state index in [4.69, 9.17) is 11.6 Å². The molecule has 122 valence electrons. The van der Waals surface area contributed by atoms with E-state index in [0.717, 1.165) is 24.2 Å². The lowest BCUT2D eigenvalue weighted by Gasteiger charge is -2.36. The van der Waals surface area contributed by atoms with Crippen LogP contribution in [0.5, 0.6) is 0 Å². The van der Waals surface area contributed by atoms with Crippen molar-refractivity contribution in [2.75, 3.05) is 0 Å². The van der Waals surface area contributed by atoms with Gasteiger partial charge < -0.3 is 9.88 Å². The van der Waals surface area contributed by atoms with Crippen molar-refractivity contribution < 1.29 is 4.79 Å². The van der Waals surface area contributed by atoms with Gasteiger partial charge in [0.15, 0.2) is 10.8 Å². The van der Waals surface area contributed by atoms with Crippen molar-refractivity contribution in [2.24, 2.45) is 0 Å². The Morgan fingerprint density at radius 3 is 2.92 bits per heavy atom. The molecule has 1 N–H and O–H groups in total. The first kappa shape index (κ1) is 15.0. The summed E-state index contributed by atoms with van der Waals surface area (Å²) in [5.74, 6) is -0.136.